The van der Waals surface area contributed by atoms with Crippen LogP contribution < -0.4 is 0 Å². The summed E-state index contributed by atoms with van der Waals surface area (Å²) in [7, 11) is 0. The molecule has 0 aliphatic rings. The van der Waals surface area contributed by atoms with Crippen molar-refractivity contribution in [3.05, 3.63) is 55.6 Å². The van der Waals surface area contributed by atoms with Crippen molar-refractivity contribution in [2.75, 3.05) is 0 Å². The summed E-state index contributed by atoms with van der Waals surface area (Å²) >= 11 is 8.86. The molecule has 2 aromatic rings. The van der Waals surface area contributed by atoms with Gasteiger partial charge >= 0.3 is 5.82 Å². The first-order chi connectivity index (χ1) is 8.06. The number of halogens is 2. The molecular weight excluding hydrogens is 309 g/mol. The van der Waals surface area contributed by atoms with Crippen LogP contribution in [-0.4, -0.2) is 14.7 Å². The molecule has 1 aromatic heterocycles. The Labute approximate surface area is 110 Å². The summed E-state index contributed by atoms with van der Waals surface area (Å²) in [5, 5.41) is 15.1. The molecule has 0 bridgehead atoms. The van der Waals surface area contributed by atoms with E-state index in [0.717, 1.165) is 5.56 Å². The van der Waals surface area contributed by atoms with Crippen LogP contribution in [0.2, 0.25) is 5.02 Å². The number of rotatable bonds is 3. The SMILES string of the molecule is O=[N+]([O-])c1nn(Cc2ccc(Cl)cc2)cc1Br. The van der Waals surface area contributed by atoms with Crippen molar-refractivity contribution in [1.29, 1.82) is 0 Å². The fourth-order valence-corrected chi connectivity index (χ4v) is 1.95. The van der Waals surface area contributed by atoms with E-state index in [1.54, 1.807) is 18.3 Å². The second kappa shape index (κ2) is 4.85. The van der Waals surface area contributed by atoms with Crippen LogP contribution in [0.15, 0.2) is 34.9 Å². The molecule has 88 valence electrons. The molecule has 0 aliphatic carbocycles. The smallest absolute Gasteiger partial charge is 0.358 e. The highest BCUT2D eigenvalue weighted by molar-refractivity contribution is 9.10. The molecule has 2 rings (SSSR count). The Hall–Kier alpha value is -1.40. The lowest BCUT2D eigenvalue weighted by Gasteiger charge is -1.97. The normalized spacial score (nSPS) is 10.5. The third-order valence-electron chi connectivity index (χ3n) is 2.13. The zero-order chi connectivity index (χ0) is 12.4. The second-order valence-corrected chi connectivity index (χ2v) is 4.67. The van der Waals surface area contributed by atoms with Gasteiger partial charge in [-0.15, -0.1) is 0 Å². The first kappa shape index (κ1) is 12.1. The highest BCUT2D eigenvalue weighted by Gasteiger charge is 2.18. The largest absolute Gasteiger partial charge is 0.404 e. The third-order valence-corrected chi connectivity index (χ3v) is 2.94. The minimum Gasteiger partial charge on any atom is -0.358 e. The van der Waals surface area contributed by atoms with Crippen LogP contribution in [0.5, 0.6) is 0 Å². The first-order valence-electron chi connectivity index (χ1n) is 4.68. The van der Waals surface area contributed by atoms with Gasteiger partial charge in [-0.3, -0.25) is 0 Å². The van der Waals surface area contributed by atoms with E-state index < -0.39 is 4.92 Å². The molecule has 0 amide bonds. The van der Waals surface area contributed by atoms with E-state index in [4.69, 9.17) is 11.6 Å². The topological polar surface area (TPSA) is 61.0 Å². The molecule has 0 aliphatic heterocycles. The van der Waals surface area contributed by atoms with E-state index >= 15 is 0 Å². The van der Waals surface area contributed by atoms with Crippen molar-refractivity contribution in [3.8, 4) is 0 Å². The summed E-state index contributed by atoms with van der Waals surface area (Å²) in [6.45, 7) is 0.462. The lowest BCUT2D eigenvalue weighted by Crippen LogP contribution is -2.00. The van der Waals surface area contributed by atoms with Gasteiger partial charge in [0.1, 0.15) is 4.47 Å². The predicted molar refractivity (Wildman–Crippen MR) is 67.1 cm³/mol. The molecule has 0 saturated heterocycles. The maximum atomic E-state index is 10.6. The van der Waals surface area contributed by atoms with Crippen LogP contribution in [-0.2, 0) is 6.54 Å². The molecule has 0 fully saturated rings. The number of aromatic nitrogens is 2. The van der Waals surface area contributed by atoms with Crippen LogP contribution in [0.3, 0.4) is 0 Å². The summed E-state index contributed by atoms with van der Waals surface area (Å²) in [4.78, 5) is 10.1. The van der Waals surface area contributed by atoms with Crippen LogP contribution in [0, 0.1) is 10.1 Å². The van der Waals surface area contributed by atoms with Crippen molar-refractivity contribution in [2.45, 2.75) is 6.54 Å². The molecule has 0 N–H and O–H groups in total. The van der Waals surface area contributed by atoms with Gasteiger partial charge in [0.2, 0.25) is 0 Å². The average molecular weight is 317 g/mol. The Balaban J connectivity index is 2.22. The molecule has 0 atom stereocenters. The minimum absolute atomic E-state index is 0.182. The van der Waals surface area contributed by atoms with Crippen LogP contribution in [0.25, 0.3) is 0 Å². The minimum atomic E-state index is -0.525. The van der Waals surface area contributed by atoms with Gasteiger partial charge in [-0.25, -0.2) is 0 Å². The zero-order valence-electron chi connectivity index (χ0n) is 8.51. The van der Waals surface area contributed by atoms with Crippen molar-refractivity contribution in [3.63, 3.8) is 0 Å². The molecule has 7 heteroatoms. The van der Waals surface area contributed by atoms with Gasteiger partial charge in [-0.1, -0.05) is 23.7 Å². The maximum absolute atomic E-state index is 10.6. The zero-order valence-corrected chi connectivity index (χ0v) is 10.8. The quantitative estimate of drug-likeness (QED) is 0.645. The average Bonchev–Trinajstić information content (AvgIpc) is 2.63. The Morgan fingerprint density at radius 1 is 1.41 bits per heavy atom. The molecule has 0 radical (unpaired) electrons. The van der Waals surface area contributed by atoms with Crippen LogP contribution >= 0.6 is 27.5 Å². The van der Waals surface area contributed by atoms with Gasteiger partial charge in [0.25, 0.3) is 0 Å². The summed E-state index contributed by atoms with van der Waals surface area (Å²) in [6.07, 6.45) is 1.58. The fraction of sp³-hybridized carbons (Fsp3) is 0.100. The number of benzene rings is 1. The van der Waals surface area contributed by atoms with Gasteiger partial charge in [-0.2, -0.15) is 4.68 Å². The molecule has 0 unspecified atom stereocenters. The lowest BCUT2D eigenvalue weighted by atomic mass is 10.2. The summed E-state index contributed by atoms with van der Waals surface area (Å²) in [6, 6.07) is 7.24. The molecule has 0 saturated carbocycles. The van der Waals surface area contributed by atoms with Crippen LogP contribution in [0.4, 0.5) is 5.82 Å². The molecule has 1 aromatic carbocycles. The highest BCUT2D eigenvalue weighted by atomic mass is 79.9. The van der Waals surface area contributed by atoms with Crippen molar-refractivity contribution >= 4 is 33.3 Å². The molecule has 1 heterocycles. The van der Waals surface area contributed by atoms with Gasteiger partial charge in [0, 0.05) is 5.02 Å². The summed E-state index contributed by atoms with van der Waals surface area (Å²) in [5.41, 5.74) is 0.972. The number of nitrogens with zero attached hydrogens (tertiary/aromatic N) is 3. The Kier molecular flexibility index (Phi) is 3.44. The van der Waals surface area contributed by atoms with Crippen molar-refractivity contribution < 1.29 is 4.92 Å². The molecular formula is C10H7BrClN3O2. The lowest BCUT2D eigenvalue weighted by molar-refractivity contribution is -0.390. The number of hydrogen-bond acceptors (Lipinski definition) is 3. The summed E-state index contributed by atoms with van der Waals surface area (Å²) < 4.78 is 1.88. The van der Waals surface area contributed by atoms with Gasteiger partial charge < -0.3 is 10.1 Å². The second-order valence-electron chi connectivity index (χ2n) is 3.38. The van der Waals surface area contributed by atoms with E-state index in [0.29, 0.717) is 16.0 Å². The summed E-state index contributed by atoms with van der Waals surface area (Å²) in [5.74, 6) is -0.182. The van der Waals surface area contributed by atoms with Crippen LogP contribution in [0.1, 0.15) is 5.56 Å². The molecule has 5 nitrogen and oxygen atoms in total. The highest BCUT2D eigenvalue weighted by Crippen LogP contribution is 2.22. The number of hydrogen-bond donors (Lipinski definition) is 0. The fourth-order valence-electron chi connectivity index (χ4n) is 1.37. The third kappa shape index (κ3) is 2.83. The Bertz CT molecular complexity index is 553. The van der Waals surface area contributed by atoms with Crippen molar-refractivity contribution in [2.24, 2.45) is 0 Å². The van der Waals surface area contributed by atoms with E-state index in [-0.39, 0.29) is 5.82 Å². The van der Waals surface area contributed by atoms with E-state index in [1.807, 2.05) is 12.1 Å². The molecule has 0 spiro atoms. The first-order valence-corrected chi connectivity index (χ1v) is 5.85. The van der Waals surface area contributed by atoms with Gasteiger partial charge in [-0.05, 0) is 38.5 Å². The van der Waals surface area contributed by atoms with Crippen molar-refractivity contribution in [1.82, 2.24) is 9.78 Å². The number of nitro groups is 1. The van der Waals surface area contributed by atoms with Gasteiger partial charge in [0.15, 0.2) is 0 Å². The standard InChI is InChI=1S/C10H7BrClN3O2/c11-9-6-14(13-10(9)15(16)17)5-7-1-3-8(12)4-2-7/h1-4,6H,5H2. The molecule has 17 heavy (non-hydrogen) atoms. The van der Waals surface area contributed by atoms with Gasteiger partial charge in [0.05, 0.1) is 17.8 Å². The monoisotopic (exact) mass is 315 g/mol. The van der Waals surface area contributed by atoms with E-state index in [1.165, 1.54) is 4.68 Å². The Morgan fingerprint density at radius 2 is 2.06 bits per heavy atom. The predicted octanol–water partition coefficient (Wildman–Crippen LogP) is 3.26. The van der Waals surface area contributed by atoms with E-state index in [2.05, 4.69) is 21.0 Å². The van der Waals surface area contributed by atoms with E-state index in [9.17, 15) is 10.1 Å². The Morgan fingerprint density at radius 3 is 2.59 bits per heavy atom. The maximum Gasteiger partial charge on any atom is 0.404 e.